The fourth-order valence-electron chi connectivity index (χ4n) is 1.82. The summed E-state index contributed by atoms with van der Waals surface area (Å²) in [6.07, 6.45) is -1.73. The lowest BCUT2D eigenvalue weighted by Crippen LogP contribution is -2.07. The van der Waals surface area contributed by atoms with Crippen LogP contribution >= 0.6 is 0 Å². The number of alkyl halides is 3. The Hall–Kier alpha value is -1.89. The third kappa shape index (κ3) is 3.16. The van der Waals surface area contributed by atoms with Gasteiger partial charge in [0.05, 0.1) is 23.1 Å². The van der Waals surface area contributed by atoms with Gasteiger partial charge in [0.2, 0.25) is 0 Å². The normalized spacial score (nSPS) is 11.8. The van der Waals surface area contributed by atoms with E-state index in [1.807, 2.05) is 0 Å². The summed E-state index contributed by atoms with van der Waals surface area (Å²) in [6, 6.07) is 3.51. The molecule has 0 aliphatic heterocycles. The summed E-state index contributed by atoms with van der Waals surface area (Å²) >= 11 is 0. The molecule has 4 nitrogen and oxygen atoms in total. The minimum absolute atomic E-state index is 0.0371. The SMILES string of the molecule is Cc1ccc(C(F)(F)F)cc1-n1cc(CCCO)nn1. The molecule has 2 rings (SSSR count). The number of halogens is 3. The standard InChI is InChI=1S/C13H14F3N3O/c1-9-4-5-10(13(14,15)16)7-12(9)19-8-11(17-18-19)3-2-6-20/h4-5,7-8,20H,2-3,6H2,1H3. The summed E-state index contributed by atoms with van der Waals surface area (Å²) < 4.78 is 39.5. The van der Waals surface area contributed by atoms with Gasteiger partial charge < -0.3 is 5.11 Å². The Morgan fingerprint density at radius 1 is 1.30 bits per heavy atom. The van der Waals surface area contributed by atoms with Gasteiger partial charge in [-0.1, -0.05) is 11.3 Å². The Balaban J connectivity index is 2.34. The first-order valence-corrected chi connectivity index (χ1v) is 6.12. The summed E-state index contributed by atoms with van der Waals surface area (Å²) in [4.78, 5) is 0. The average Bonchev–Trinajstić information content (AvgIpc) is 2.84. The molecule has 1 heterocycles. The van der Waals surface area contributed by atoms with Crippen LogP contribution in [-0.2, 0) is 12.6 Å². The molecule has 1 aromatic carbocycles. The van der Waals surface area contributed by atoms with Crippen LogP contribution in [0.2, 0.25) is 0 Å². The Bertz CT molecular complexity index is 593. The van der Waals surface area contributed by atoms with Crippen LogP contribution in [0, 0.1) is 6.92 Å². The molecule has 0 radical (unpaired) electrons. The first kappa shape index (κ1) is 14.5. The highest BCUT2D eigenvalue weighted by molar-refractivity contribution is 5.43. The van der Waals surface area contributed by atoms with E-state index in [-0.39, 0.29) is 6.61 Å². The van der Waals surface area contributed by atoms with Crippen molar-refractivity contribution in [3.05, 3.63) is 41.2 Å². The number of hydrogen-bond acceptors (Lipinski definition) is 3. The van der Waals surface area contributed by atoms with E-state index in [2.05, 4.69) is 10.3 Å². The fourth-order valence-corrected chi connectivity index (χ4v) is 1.82. The number of aliphatic hydroxyl groups excluding tert-OH is 1. The zero-order chi connectivity index (χ0) is 14.8. The zero-order valence-electron chi connectivity index (χ0n) is 10.9. The molecule has 0 aliphatic carbocycles. The van der Waals surface area contributed by atoms with Gasteiger partial charge in [-0.25, -0.2) is 4.68 Å². The first-order chi connectivity index (χ1) is 9.41. The van der Waals surface area contributed by atoms with Gasteiger partial charge in [-0.3, -0.25) is 0 Å². The average molecular weight is 285 g/mol. The number of aliphatic hydroxyl groups is 1. The number of aromatic nitrogens is 3. The summed E-state index contributed by atoms with van der Waals surface area (Å²) in [6.45, 7) is 1.75. The third-order valence-corrected chi connectivity index (χ3v) is 2.92. The summed E-state index contributed by atoms with van der Waals surface area (Å²) in [5.74, 6) is 0. The molecule has 0 fully saturated rings. The maximum Gasteiger partial charge on any atom is 0.416 e. The monoisotopic (exact) mass is 285 g/mol. The number of hydrogen-bond donors (Lipinski definition) is 1. The topological polar surface area (TPSA) is 50.9 Å². The summed E-state index contributed by atoms with van der Waals surface area (Å²) in [5.41, 5.74) is 0.945. The van der Waals surface area contributed by atoms with Crippen molar-refractivity contribution in [1.82, 2.24) is 15.0 Å². The smallest absolute Gasteiger partial charge is 0.396 e. The second kappa shape index (κ2) is 5.62. The van der Waals surface area contributed by atoms with Crippen molar-refractivity contribution in [2.45, 2.75) is 25.9 Å². The number of benzene rings is 1. The Morgan fingerprint density at radius 2 is 2.05 bits per heavy atom. The highest BCUT2D eigenvalue weighted by Crippen LogP contribution is 2.31. The molecule has 0 atom stereocenters. The predicted octanol–water partition coefficient (Wildman–Crippen LogP) is 2.52. The van der Waals surface area contributed by atoms with Crippen molar-refractivity contribution in [3.8, 4) is 5.69 Å². The van der Waals surface area contributed by atoms with Crippen LogP contribution in [0.15, 0.2) is 24.4 Å². The highest BCUT2D eigenvalue weighted by Gasteiger charge is 2.31. The van der Waals surface area contributed by atoms with Crippen molar-refractivity contribution in [2.24, 2.45) is 0 Å². The van der Waals surface area contributed by atoms with E-state index in [0.717, 1.165) is 12.1 Å². The number of aryl methyl sites for hydroxylation is 2. The van der Waals surface area contributed by atoms with Crippen LogP contribution in [0.5, 0.6) is 0 Å². The van der Waals surface area contributed by atoms with Crippen molar-refractivity contribution in [2.75, 3.05) is 6.61 Å². The van der Waals surface area contributed by atoms with Gasteiger partial charge in [0.1, 0.15) is 0 Å². The van der Waals surface area contributed by atoms with Crippen LogP contribution < -0.4 is 0 Å². The van der Waals surface area contributed by atoms with E-state index < -0.39 is 11.7 Å². The molecule has 20 heavy (non-hydrogen) atoms. The maximum atomic E-state index is 12.7. The van der Waals surface area contributed by atoms with Crippen LogP contribution in [0.4, 0.5) is 13.2 Å². The quantitative estimate of drug-likeness (QED) is 0.939. The van der Waals surface area contributed by atoms with Crippen molar-refractivity contribution < 1.29 is 18.3 Å². The molecule has 2 aromatic rings. The van der Waals surface area contributed by atoms with Crippen LogP contribution in [0.1, 0.15) is 23.2 Å². The molecule has 1 N–H and O–H groups in total. The maximum absolute atomic E-state index is 12.7. The largest absolute Gasteiger partial charge is 0.416 e. The molecule has 1 aromatic heterocycles. The molecule has 0 amide bonds. The van der Waals surface area contributed by atoms with E-state index in [9.17, 15) is 13.2 Å². The molecule has 108 valence electrons. The van der Waals surface area contributed by atoms with Crippen LogP contribution in [0.3, 0.4) is 0 Å². The Labute approximate surface area is 113 Å². The van der Waals surface area contributed by atoms with E-state index in [1.54, 1.807) is 13.1 Å². The van der Waals surface area contributed by atoms with Gasteiger partial charge in [0.15, 0.2) is 0 Å². The van der Waals surface area contributed by atoms with Gasteiger partial charge in [-0.05, 0) is 37.5 Å². The molecule has 7 heteroatoms. The predicted molar refractivity (Wildman–Crippen MR) is 66.5 cm³/mol. The number of rotatable bonds is 4. The second-order valence-electron chi connectivity index (χ2n) is 4.48. The van der Waals surface area contributed by atoms with Gasteiger partial charge in [-0.15, -0.1) is 5.10 Å². The molecule has 0 bridgehead atoms. The minimum atomic E-state index is -4.39. The third-order valence-electron chi connectivity index (χ3n) is 2.92. The lowest BCUT2D eigenvalue weighted by molar-refractivity contribution is -0.137. The molecule has 0 aliphatic rings. The number of nitrogens with zero attached hydrogens (tertiary/aromatic N) is 3. The van der Waals surface area contributed by atoms with E-state index in [0.29, 0.717) is 29.8 Å². The molecular weight excluding hydrogens is 271 g/mol. The lowest BCUT2D eigenvalue weighted by Gasteiger charge is -2.10. The van der Waals surface area contributed by atoms with Crippen LogP contribution in [-0.4, -0.2) is 26.7 Å². The highest BCUT2D eigenvalue weighted by atomic mass is 19.4. The summed E-state index contributed by atoms with van der Waals surface area (Å²) in [7, 11) is 0. The van der Waals surface area contributed by atoms with Gasteiger partial charge in [-0.2, -0.15) is 13.2 Å². The van der Waals surface area contributed by atoms with Crippen LogP contribution in [0.25, 0.3) is 5.69 Å². The summed E-state index contributed by atoms with van der Waals surface area (Å²) in [5, 5.41) is 16.5. The molecule has 0 saturated carbocycles. The van der Waals surface area contributed by atoms with Crippen molar-refractivity contribution in [1.29, 1.82) is 0 Å². The molecule has 0 saturated heterocycles. The Morgan fingerprint density at radius 3 is 2.70 bits per heavy atom. The minimum Gasteiger partial charge on any atom is -0.396 e. The first-order valence-electron chi connectivity index (χ1n) is 6.12. The Kier molecular flexibility index (Phi) is 4.08. The second-order valence-corrected chi connectivity index (χ2v) is 4.48. The van der Waals surface area contributed by atoms with E-state index in [1.165, 1.54) is 10.7 Å². The molecule has 0 spiro atoms. The molecule has 0 unspecified atom stereocenters. The van der Waals surface area contributed by atoms with Gasteiger partial charge in [0.25, 0.3) is 0 Å². The fraction of sp³-hybridized carbons (Fsp3) is 0.385. The van der Waals surface area contributed by atoms with Gasteiger partial charge >= 0.3 is 6.18 Å². The van der Waals surface area contributed by atoms with Crippen molar-refractivity contribution >= 4 is 0 Å². The van der Waals surface area contributed by atoms with Gasteiger partial charge in [0, 0.05) is 6.61 Å². The van der Waals surface area contributed by atoms with Crippen molar-refractivity contribution in [3.63, 3.8) is 0 Å². The van der Waals surface area contributed by atoms with E-state index in [4.69, 9.17) is 5.11 Å². The molecular formula is C13H14F3N3O. The zero-order valence-corrected chi connectivity index (χ0v) is 10.9. The lowest BCUT2D eigenvalue weighted by atomic mass is 10.1. The van der Waals surface area contributed by atoms with E-state index >= 15 is 0 Å².